The fourth-order valence-electron chi connectivity index (χ4n) is 3.45. The maximum absolute atomic E-state index is 12.7. The summed E-state index contributed by atoms with van der Waals surface area (Å²) in [5.41, 5.74) is 4.74. The van der Waals surface area contributed by atoms with Crippen molar-refractivity contribution in [1.29, 1.82) is 0 Å². The molecule has 0 radical (unpaired) electrons. The highest BCUT2D eigenvalue weighted by Gasteiger charge is 2.13. The Morgan fingerprint density at radius 3 is 2.53 bits per heavy atom. The molecule has 0 bridgehead atoms. The lowest BCUT2D eigenvalue weighted by atomic mass is 10.0. The minimum absolute atomic E-state index is 0.299. The molecule has 0 aromatic heterocycles. The van der Waals surface area contributed by atoms with Gasteiger partial charge in [0.05, 0.1) is 17.8 Å². The number of hydrogen-bond donors (Lipinski definition) is 1. The van der Waals surface area contributed by atoms with E-state index < -0.39 is 0 Å². The van der Waals surface area contributed by atoms with E-state index >= 15 is 0 Å². The third-order valence-corrected chi connectivity index (χ3v) is 5.57. The van der Waals surface area contributed by atoms with Gasteiger partial charge in [0.15, 0.2) is 11.5 Å². The molecule has 1 amide bonds. The predicted molar refractivity (Wildman–Crippen MR) is 137 cm³/mol. The standard InChI is InChI=1S/C27H22Cl2N2O3/c1-2-33-25-15-19(14-24(29)26(25)34-17-18-10-12-21(28)13-11-18)16-30-31-27(32)23-9-5-7-20-6-3-4-8-22(20)23/h3-16H,2,17H2,1H3,(H,31,32)/b30-16-. The van der Waals surface area contributed by atoms with Crippen molar-refractivity contribution < 1.29 is 14.3 Å². The zero-order valence-corrected chi connectivity index (χ0v) is 19.9. The molecule has 4 aromatic rings. The van der Waals surface area contributed by atoms with Crippen molar-refractivity contribution in [2.75, 3.05) is 6.61 Å². The fourth-order valence-corrected chi connectivity index (χ4v) is 3.85. The first kappa shape index (κ1) is 23.6. The molecule has 4 aromatic carbocycles. The van der Waals surface area contributed by atoms with Crippen LogP contribution in [0, 0.1) is 0 Å². The Bertz CT molecular complexity index is 1330. The summed E-state index contributed by atoms with van der Waals surface area (Å²) in [5, 5.41) is 6.99. The lowest BCUT2D eigenvalue weighted by Gasteiger charge is -2.14. The smallest absolute Gasteiger partial charge is 0.271 e. The van der Waals surface area contributed by atoms with Gasteiger partial charge in [0, 0.05) is 10.6 Å². The van der Waals surface area contributed by atoms with Crippen LogP contribution in [0.15, 0.2) is 84.0 Å². The molecule has 0 atom stereocenters. The molecule has 1 N–H and O–H groups in total. The normalized spacial score (nSPS) is 11.0. The summed E-state index contributed by atoms with van der Waals surface area (Å²) >= 11 is 12.4. The van der Waals surface area contributed by atoms with E-state index in [1.54, 1.807) is 30.3 Å². The zero-order chi connectivity index (χ0) is 23.9. The summed E-state index contributed by atoms with van der Waals surface area (Å²) in [6.07, 6.45) is 1.51. The molecular formula is C27H22Cl2N2O3. The number of amides is 1. The topological polar surface area (TPSA) is 59.9 Å². The number of carbonyl (C=O) groups excluding carboxylic acids is 1. The van der Waals surface area contributed by atoms with E-state index in [1.807, 2.05) is 55.5 Å². The summed E-state index contributed by atoms with van der Waals surface area (Å²) in [7, 11) is 0. The van der Waals surface area contributed by atoms with Crippen LogP contribution in [0.5, 0.6) is 11.5 Å². The van der Waals surface area contributed by atoms with Gasteiger partial charge >= 0.3 is 0 Å². The molecule has 7 heteroatoms. The van der Waals surface area contributed by atoms with Crippen molar-refractivity contribution in [2.45, 2.75) is 13.5 Å². The van der Waals surface area contributed by atoms with Gasteiger partial charge in [-0.15, -0.1) is 0 Å². The molecule has 0 saturated carbocycles. The van der Waals surface area contributed by atoms with E-state index in [1.165, 1.54) is 6.21 Å². The second-order valence-corrected chi connectivity index (χ2v) is 8.25. The Balaban J connectivity index is 1.49. The third-order valence-electron chi connectivity index (χ3n) is 5.04. The number of hydrogen-bond acceptors (Lipinski definition) is 4. The van der Waals surface area contributed by atoms with Crippen LogP contribution in [0.2, 0.25) is 10.0 Å². The van der Waals surface area contributed by atoms with Gasteiger partial charge in [-0.3, -0.25) is 4.79 Å². The van der Waals surface area contributed by atoms with Gasteiger partial charge < -0.3 is 9.47 Å². The van der Waals surface area contributed by atoms with E-state index in [-0.39, 0.29) is 5.91 Å². The quantitative estimate of drug-likeness (QED) is 0.215. The molecule has 4 rings (SSSR count). The first-order valence-electron chi connectivity index (χ1n) is 10.7. The summed E-state index contributed by atoms with van der Waals surface area (Å²) in [6, 6.07) is 24.1. The molecule has 0 heterocycles. The Kier molecular flexibility index (Phi) is 7.68. The SMILES string of the molecule is CCOc1cc(/C=N\NC(=O)c2cccc3ccccc23)cc(Cl)c1OCc1ccc(Cl)cc1. The first-order chi connectivity index (χ1) is 16.5. The van der Waals surface area contributed by atoms with E-state index in [4.69, 9.17) is 32.7 Å². The predicted octanol–water partition coefficient (Wildman–Crippen LogP) is 6.89. The van der Waals surface area contributed by atoms with Crippen LogP contribution >= 0.6 is 23.2 Å². The third kappa shape index (κ3) is 5.68. The Labute approximate surface area is 207 Å². The van der Waals surface area contributed by atoms with Gasteiger partial charge in [-0.1, -0.05) is 71.7 Å². The van der Waals surface area contributed by atoms with Crippen molar-refractivity contribution >= 4 is 46.1 Å². The first-order valence-corrected chi connectivity index (χ1v) is 11.5. The molecule has 0 fully saturated rings. The van der Waals surface area contributed by atoms with Crippen LogP contribution in [-0.4, -0.2) is 18.7 Å². The molecule has 5 nitrogen and oxygen atoms in total. The van der Waals surface area contributed by atoms with Crippen LogP contribution in [0.1, 0.15) is 28.4 Å². The Morgan fingerprint density at radius 1 is 0.971 bits per heavy atom. The van der Waals surface area contributed by atoms with Gasteiger partial charge in [-0.2, -0.15) is 5.10 Å². The van der Waals surface area contributed by atoms with Crippen LogP contribution in [0.3, 0.4) is 0 Å². The second kappa shape index (κ2) is 11.1. The molecule has 0 spiro atoms. The molecular weight excluding hydrogens is 471 g/mol. The summed E-state index contributed by atoms with van der Waals surface area (Å²) in [5.74, 6) is 0.633. The monoisotopic (exact) mass is 492 g/mol. The average molecular weight is 493 g/mol. The van der Waals surface area contributed by atoms with E-state index in [0.717, 1.165) is 16.3 Å². The van der Waals surface area contributed by atoms with Crippen molar-refractivity contribution in [3.8, 4) is 11.5 Å². The van der Waals surface area contributed by atoms with E-state index in [0.29, 0.717) is 45.9 Å². The van der Waals surface area contributed by atoms with Gasteiger partial charge in [0.1, 0.15) is 6.61 Å². The van der Waals surface area contributed by atoms with Gasteiger partial charge in [-0.25, -0.2) is 5.43 Å². The minimum atomic E-state index is -0.299. The van der Waals surface area contributed by atoms with Crippen molar-refractivity contribution in [3.63, 3.8) is 0 Å². The lowest BCUT2D eigenvalue weighted by molar-refractivity contribution is 0.0957. The minimum Gasteiger partial charge on any atom is -0.490 e. The number of benzene rings is 4. The van der Waals surface area contributed by atoms with Crippen molar-refractivity contribution in [1.82, 2.24) is 5.43 Å². The molecule has 0 saturated heterocycles. The van der Waals surface area contributed by atoms with Gasteiger partial charge in [0.2, 0.25) is 0 Å². The van der Waals surface area contributed by atoms with Gasteiger partial charge in [0.25, 0.3) is 5.91 Å². The van der Waals surface area contributed by atoms with Crippen LogP contribution in [-0.2, 0) is 6.61 Å². The number of carbonyl (C=O) groups is 1. The number of rotatable bonds is 8. The van der Waals surface area contributed by atoms with Crippen LogP contribution in [0.4, 0.5) is 0 Å². The zero-order valence-electron chi connectivity index (χ0n) is 18.4. The number of fused-ring (bicyclic) bond motifs is 1. The number of hydrazone groups is 1. The van der Waals surface area contributed by atoms with Crippen LogP contribution in [0.25, 0.3) is 10.8 Å². The van der Waals surface area contributed by atoms with Crippen molar-refractivity contribution in [3.05, 3.63) is 106 Å². The molecule has 0 aliphatic carbocycles. The second-order valence-electron chi connectivity index (χ2n) is 7.40. The molecule has 0 unspecified atom stereocenters. The highest BCUT2D eigenvalue weighted by Crippen LogP contribution is 2.37. The van der Waals surface area contributed by atoms with E-state index in [9.17, 15) is 4.79 Å². The maximum atomic E-state index is 12.7. The average Bonchev–Trinajstić information content (AvgIpc) is 2.84. The maximum Gasteiger partial charge on any atom is 0.271 e. The highest BCUT2D eigenvalue weighted by atomic mass is 35.5. The molecule has 0 aliphatic rings. The fraction of sp³-hybridized carbons (Fsp3) is 0.111. The molecule has 172 valence electrons. The summed E-state index contributed by atoms with van der Waals surface area (Å²) in [6.45, 7) is 2.62. The number of nitrogens with one attached hydrogen (secondary N) is 1. The highest BCUT2D eigenvalue weighted by molar-refractivity contribution is 6.32. The number of nitrogens with zero attached hydrogens (tertiary/aromatic N) is 1. The number of halogens is 2. The van der Waals surface area contributed by atoms with Gasteiger partial charge in [-0.05, 0) is 59.2 Å². The Hall–Kier alpha value is -3.54. The number of ether oxygens (including phenoxy) is 2. The lowest BCUT2D eigenvalue weighted by Crippen LogP contribution is -2.17. The summed E-state index contributed by atoms with van der Waals surface area (Å²) in [4.78, 5) is 12.7. The molecule has 34 heavy (non-hydrogen) atoms. The Morgan fingerprint density at radius 2 is 1.74 bits per heavy atom. The van der Waals surface area contributed by atoms with Crippen LogP contribution < -0.4 is 14.9 Å². The largest absolute Gasteiger partial charge is 0.490 e. The van der Waals surface area contributed by atoms with E-state index in [2.05, 4.69) is 10.5 Å². The summed E-state index contributed by atoms with van der Waals surface area (Å²) < 4.78 is 11.7. The van der Waals surface area contributed by atoms with Crippen molar-refractivity contribution in [2.24, 2.45) is 5.10 Å². The molecule has 0 aliphatic heterocycles.